The van der Waals surface area contributed by atoms with Crippen molar-refractivity contribution in [2.24, 2.45) is 5.73 Å². The maximum absolute atomic E-state index is 12.9. The summed E-state index contributed by atoms with van der Waals surface area (Å²) in [6, 6.07) is 3.92. The molecule has 0 bridgehead atoms. The summed E-state index contributed by atoms with van der Waals surface area (Å²) in [5, 5.41) is 4.11. The first-order chi connectivity index (χ1) is 8.19. The first-order valence-electron chi connectivity index (χ1n) is 5.34. The Hall–Kier alpha value is -1.75. The van der Waals surface area contributed by atoms with Crippen LogP contribution >= 0.6 is 0 Å². The first kappa shape index (κ1) is 11.7. The van der Waals surface area contributed by atoms with E-state index in [1.54, 1.807) is 16.9 Å². The molecule has 90 valence electrons. The second-order valence-electron chi connectivity index (χ2n) is 3.81. The van der Waals surface area contributed by atoms with E-state index in [2.05, 4.69) is 5.10 Å². The molecule has 0 aliphatic carbocycles. The topological polar surface area (TPSA) is 43.8 Å². The van der Waals surface area contributed by atoms with Crippen molar-refractivity contribution in [2.75, 3.05) is 0 Å². The Morgan fingerprint density at radius 1 is 1.18 bits per heavy atom. The number of aromatic nitrogens is 2. The van der Waals surface area contributed by atoms with Crippen LogP contribution in [0.4, 0.5) is 8.78 Å². The molecule has 0 spiro atoms. The van der Waals surface area contributed by atoms with Crippen LogP contribution in [0.2, 0.25) is 0 Å². The quantitative estimate of drug-likeness (QED) is 0.882. The minimum absolute atomic E-state index is 0.450. The third-order valence-corrected chi connectivity index (χ3v) is 2.54. The zero-order chi connectivity index (χ0) is 12.3. The minimum atomic E-state index is -0.821. The first-order valence-corrected chi connectivity index (χ1v) is 5.34. The summed E-state index contributed by atoms with van der Waals surface area (Å²) in [4.78, 5) is 0. The van der Waals surface area contributed by atoms with E-state index < -0.39 is 11.6 Å². The van der Waals surface area contributed by atoms with Gasteiger partial charge in [-0.1, -0.05) is 6.07 Å². The Labute approximate surface area is 97.9 Å². The molecular weight excluding hydrogens is 224 g/mol. The molecule has 0 atom stereocenters. The standard InChI is InChI=1S/C12H13F2N3/c13-11-2-1-9(5-12(11)14)3-4-17-8-10(6-15)7-16-17/h1-2,5,7-8H,3-4,6,15H2. The van der Waals surface area contributed by atoms with Crippen molar-refractivity contribution in [3.63, 3.8) is 0 Å². The van der Waals surface area contributed by atoms with Gasteiger partial charge >= 0.3 is 0 Å². The normalized spacial score (nSPS) is 10.8. The van der Waals surface area contributed by atoms with Crippen LogP contribution in [0, 0.1) is 11.6 Å². The highest BCUT2D eigenvalue weighted by Gasteiger charge is 2.03. The summed E-state index contributed by atoms with van der Waals surface area (Å²) in [5.74, 6) is -1.64. The third kappa shape index (κ3) is 2.88. The number of nitrogens with two attached hydrogens (primary N) is 1. The van der Waals surface area contributed by atoms with Gasteiger partial charge < -0.3 is 5.73 Å². The summed E-state index contributed by atoms with van der Waals surface area (Å²) in [7, 11) is 0. The van der Waals surface area contributed by atoms with E-state index >= 15 is 0 Å². The van der Waals surface area contributed by atoms with Crippen LogP contribution in [0.15, 0.2) is 30.6 Å². The lowest BCUT2D eigenvalue weighted by Crippen LogP contribution is -2.02. The highest BCUT2D eigenvalue weighted by molar-refractivity contribution is 5.17. The van der Waals surface area contributed by atoms with Gasteiger partial charge in [-0.2, -0.15) is 5.10 Å². The summed E-state index contributed by atoms with van der Waals surface area (Å²) in [5.41, 5.74) is 7.16. The fraction of sp³-hybridized carbons (Fsp3) is 0.250. The SMILES string of the molecule is NCc1cnn(CCc2ccc(F)c(F)c2)c1. The van der Waals surface area contributed by atoms with Crippen LogP contribution < -0.4 is 5.73 Å². The van der Waals surface area contributed by atoms with Gasteiger partial charge in [-0.25, -0.2) is 8.78 Å². The molecule has 3 nitrogen and oxygen atoms in total. The van der Waals surface area contributed by atoms with Crippen molar-refractivity contribution in [1.29, 1.82) is 0 Å². The van der Waals surface area contributed by atoms with E-state index in [-0.39, 0.29) is 0 Å². The molecule has 0 aliphatic rings. The summed E-state index contributed by atoms with van der Waals surface area (Å²) in [6.07, 6.45) is 4.15. The number of hydrogen-bond acceptors (Lipinski definition) is 2. The van der Waals surface area contributed by atoms with Gasteiger partial charge in [-0.15, -0.1) is 0 Å². The lowest BCUT2D eigenvalue weighted by atomic mass is 10.1. The zero-order valence-electron chi connectivity index (χ0n) is 9.24. The molecule has 0 radical (unpaired) electrons. The molecule has 1 aromatic heterocycles. The summed E-state index contributed by atoms with van der Waals surface area (Å²) in [6.45, 7) is 1.07. The Morgan fingerprint density at radius 3 is 2.65 bits per heavy atom. The predicted molar refractivity (Wildman–Crippen MR) is 60.2 cm³/mol. The van der Waals surface area contributed by atoms with E-state index in [9.17, 15) is 8.78 Å². The lowest BCUT2D eigenvalue weighted by molar-refractivity contribution is 0.505. The van der Waals surface area contributed by atoms with E-state index in [0.717, 1.165) is 17.2 Å². The second-order valence-corrected chi connectivity index (χ2v) is 3.81. The Kier molecular flexibility index (Phi) is 3.49. The van der Waals surface area contributed by atoms with Gasteiger partial charge in [0.15, 0.2) is 11.6 Å². The maximum atomic E-state index is 12.9. The molecule has 0 amide bonds. The molecule has 17 heavy (non-hydrogen) atoms. The van der Waals surface area contributed by atoms with Gasteiger partial charge in [0.2, 0.25) is 0 Å². The Morgan fingerprint density at radius 2 is 2.00 bits per heavy atom. The second kappa shape index (κ2) is 5.05. The molecule has 1 aromatic carbocycles. The van der Waals surface area contributed by atoms with E-state index in [1.807, 2.05) is 6.20 Å². The highest BCUT2D eigenvalue weighted by Crippen LogP contribution is 2.10. The fourth-order valence-corrected chi connectivity index (χ4v) is 1.57. The van der Waals surface area contributed by atoms with E-state index in [0.29, 0.717) is 19.5 Å². The number of rotatable bonds is 4. The molecule has 1 heterocycles. The van der Waals surface area contributed by atoms with E-state index in [4.69, 9.17) is 5.73 Å². The highest BCUT2D eigenvalue weighted by atomic mass is 19.2. The molecule has 0 saturated heterocycles. The summed E-state index contributed by atoms with van der Waals surface area (Å²) < 4.78 is 27.4. The zero-order valence-corrected chi connectivity index (χ0v) is 9.24. The molecule has 5 heteroatoms. The monoisotopic (exact) mass is 237 g/mol. The Balaban J connectivity index is 1.99. The molecular formula is C12H13F2N3. The van der Waals surface area contributed by atoms with Crippen molar-refractivity contribution in [3.8, 4) is 0 Å². The van der Waals surface area contributed by atoms with Crippen molar-refractivity contribution < 1.29 is 8.78 Å². The smallest absolute Gasteiger partial charge is 0.159 e. The maximum Gasteiger partial charge on any atom is 0.159 e. The van der Waals surface area contributed by atoms with Crippen LogP contribution in [0.25, 0.3) is 0 Å². The van der Waals surface area contributed by atoms with Gasteiger partial charge in [0.25, 0.3) is 0 Å². The van der Waals surface area contributed by atoms with Crippen LogP contribution in [0.1, 0.15) is 11.1 Å². The fourth-order valence-electron chi connectivity index (χ4n) is 1.57. The number of aryl methyl sites for hydroxylation is 2. The molecule has 0 saturated carbocycles. The van der Waals surface area contributed by atoms with Gasteiger partial charge in [0.05, 0.1) is 6.20 Å². The minimum Gasteiger partial charge on any atom is -0.326 e. The summed E-state index contributed by atoms with van der Waals surface area (Å²) >= 11 is 0. The predicted octanol–water partition coefficient (Wildman–Crippen LogP) is 1.86. The molecule has 0 unspecified atom stereocenters. The van der Waals surface area contributed by atoms with Crippen LogP contribution in [0.5, 0.6) is 0 Å². The van der Waals surface area contributed by atoms with Crippen molar-refractivity contribution in [1.82, 2.24) is 9.78 Å². The van der Waals surface area contributed by atoms with Gasteiger partial charge in [0.1, 0.15) is 0 Å². The lowest BCUT2D eigenvalue weighted by Gasteiger charge is -2.02. The largest absolute Gasteiger partial charge is 0.326 e. The average Bonchev–Trinajstić information content (AvgIpc) is 2.79. The van der Waals surface area contributed by atoms with Crippen molar-refractivity contribution >= 4 is 0 Å². The third-order valence-electron chi connectivity index (χ3n) is 2.54. The van der Waals surface area contributed by atoms with Crippen LogP contribution in [-0.4, -0.2) is 9.78 Å². The molecule has 2 N–H and O–H groups in total. The Bertz CT molecular complexity index is 508. The van der Waals surface area contributed by atoms with Gasteiger partial charge in [-0.05, 0) is 24.1 Å². The molecule has 0 aliphatic heterocycles. The number of benzene rings is 1. The van der Waals surface area contributed by atoms with Crippen molar-refractivity contribution in [2.45, 2.75) is 19.5 Å². The molecule has 0 fully saturated rings. The number of halogens is 2. The average molecular weight is 237 g/mol. The molecule has 2 aromatic rings. The number of hydrogen-bond donors (Lipinski definition) is 1. The number of nitrogens with zero attached hydrogens (tertiary/aromatic N) is 2. The van der Waals surface area contributed by atoms with Gasteiger partial charge in [0, 0.05) is 24.8 Å². The van der Waals surface area contributed by atoms with Crippen molar-refractivity contribution in [3.05, 3.63) is 53.4 Å². The van der Waals surface area contributed by atoms with Crippen LogP contribution in [-0.2, 0) is 19.5 Å². The van der Waals surface area contributed by atoms with E-state index in [1.165, 1.54) is 6.07 Å². The van der Waals surface area contributed by atoms with Gasteiger partial charge in [-0.3, -0.25) is 4.68 Å². The van der Waals surface area contributed by atoms with Crippen LogP contribution in [0.3, 0.4) is 0 Å². The molecule has 2 rings (SSSR count).